The molecular formula is C13H17ClN2O. The fourth-order valence-electron chi connectivity index (χ4n) is 2.26. The van der Waals surface area contributed by atoms with Crippen LogP contribution in [-0.4, -0.2) is 29.9 Å². The summed E-state index contributed by atoms with van der Waals surface area (Å²) in [5.41, 5.74) is 6.86. The summed E-state index contributed by atoms with van der Waals surface area (Å²) in [4.78, 5) is 13.6. The zero-order valence-corrected chi connectivity index (χ0v) is 10.7. The van der Waals surface area contributed by atoms with Crippen LogP contribution in [0.2, 0.25) is 5.02 Å². The number of hydrogen-bond donors (Lipinski definition) is 1. The van der Waals surface area contributed by atoms with Gasteiger partial charge in [0, 0.05) is 24.0 Å². The maximum atomic E-state index is 11.8. The molecule has 1 aliphatic heterocycles. The van der Waals surface area contributed by atoms with E-state index in [1.165, 1.54) is 5.56 Å². The van der Waals surface area contributed by atoms with Gasteiger partial charge in [-0.1, -0.05) is 23.7 Å². The van der Waals surface area contributed by atoms with E-state index >= 15 is 0 Å². The second-order valence-corrected chi connectivity index (χ2v) is 5.05. The molecule has 3 nitrogen and oxygen atoms in total. The van der Waals surface area contributed by atoms with Crippen LogP contribution in [0.5, 0.6) is 0 Å². The highest BCUT2D eigenvalue weighted by Crippen LogP contribution is 2.28. The maximum absolute atomic E-state index is 11.8. The molecule has 0 radical (unpaired) electrons. The van der Waals surface area contributed by atoms with E-state index in [2.05, 4.69) is 0 Å². The predicted octanol–water partition coefficient (Wildman–Crippen LogP) is 2.00. The second-order valence-electron chi connectivity index (χ2n) is 4.61. The number of hydrogen-bond acceptors (Lipinski definition) is 2. The van der Waals surface area contributed by atoms with Crippen molar-refractivity contribution in [1.29, 1.82) is 0 Å². The summed E-state index contributed by atoms with van der Waals surface area (Å²) in [7, 11) is 0. The molecule has 0 aromatic heterocycles. The molecular weight excluding hydrogens is 236 g/mol. The molecule has 1 fully saturated rings. The standard InChI is InChI=1S/C13H17ClN2O/c1-9(15)13(17)16-7-6-11(8-16)10-2-4-12(14)5-3-10/h2-5,9,11H,6-8,15H2,1H3/t9-,11?/m1/s1. The van der Waals surface area contributed by atoms with Gasteiger partial charge in [0.25, 0.3) is 0 Å². The summed E-state index contributed by atoms with van der Waals surface area (Å²) in [6.45, 7) is 3.30. The van der Waals surface area contributed by atoms with Crippen molar-refractivity contribution < 1.29 is 4.79 Å². The lowest BCUT2D eigenvalue weighted by atomic mass is 9.99. The summed E-state index contributed by atoms with van der Waals surface area (Å²) in [6.07, 6.45) is 1.00. The predicted molar refractivity (Wildman–Crippen MR) is 69.0 cm³/mol. The average molecular weight is 253 g/mol. The van der Waals surface area contributed by atoms with E-state index in [0.29, 0.717) is 5.92 Å². The van der Waals surface area contributed by atoms with Gasteiger partial charge >= 0.3 is 0 Å². The smallest absolute Gasteiger partial charge is 0.239 e. The van der Waals surface area contributed by atoms with Crippen molar-refractivity contribution in [3.05, 3.63) is 34.9 Å². The molecule has 0 aliphatic carbocycles. The molecule has 2 rings (SSSR count). The van der Waals surface area contributed by atoms with Crippen LogP contribution in [0.15, 0.2) is 24.3 Å². The molecule has 2 atom stereocenters. The average Bonchev–Trinajstić information content (AvgIpc) is 2.78. The van der Waals surface area contributed by atoms with E-state index in [-0.39, 0.29) is 5.91 Å². The number of nitrogens with zero attached hydrogens (tertiary/aromatic N) is 1. The van der Waals surface area contributed by atoms with Gasteiger partial charge in [-0.15, -0.1) is 0 Å². The van der Waals surface area contributed by atoms with Crippen molar-refractivity contribution in [2.45, 2.75) is 25.3 Å². The Balaban J connectivity index is 2.03. The molecule has 1 unspecified atom stereocenters. The maximum Gasteiger partial charge on any atom is 0.239 e. The number of nitrogens with two attached hydrogens (primary N) is 1. The van der Waals surface area contributed by atoms with Gasteiger partial charge < -0.3 is 10.6 Å². The molecule has 1 aromatic rings. The molecule has 1 aliphatic rings. The van der Waals surface area contributed by atoms with Gasteiger partial charge in [-0.05, 0) is 31.0 Å². The highest BCUT2D eigenvalue weighted by Gasteiger charge is 2.28. The molecule has 0 saturated carbocycles. The van der Waals surface area contributed by atoms with Crippen molar-refractivity contribution in [2.24, 2.45) is 5.73 Å². The largest absolute Gasteiger partial charge is 0.341 e. The number of carbonyl (C=O) groups excluding carboxylic acids is 1. The number of benzene rings is 1. The molecule has 1 heterocycles. The lowest BCUT2D eigenvalue weighted by molar-refractivity contribution is -0.131. The van der Waals surface area contributed by atoms with Gasteiger partial charge in [-0.3, -0.25) is 4.79 Å². The molecule has 1 amide bonds. The molecule has 17 heavy (non-hydrogen) atoms. The second kappa shape index (κ2) is 5.07. The summed E-state index contributed by atoms with van der Waals surface area (Å²) < 4.78 is 0. The summed E-state index contributed by atoms with van der Waals surface area (Å²) >= 11 is 5.86. The molecule has 1 aromatic carbocycles. The third-order valence-electron chi connectivity index (χ3n) is 3.23. The highest BCUT2D eigenvalue weighted by atomic mass is 35.5. The topological polar surface area (TPSA) is 46.3 Å². The number of carbonyl (C=O) groups is 1. The van der Waals surface area contributed by atoms with Crippen LogP contribution >= 0.6 is 11.6 Å². The fourth-order valence-corrected chi connectivity index (χ4v) is 2.38. The summed E-state index contributed by atoms with van der Waals surface area (Å²) in [5.74, 6) is 0.455. The summed E-state index contributed by atoms with van der Waals surface area (Å²) in [5, 5.41) is 0.746. The van der Waals surface area contributed by atoms with Gasteiger partial charge in [0.15, 0.2) is 0 Å². The fraction of sp³-hybridized carbons (Fsp3) is 0.462. The van der Waals surface area contributed by atoms with E-state index in [0.717, 1.165) is 24.5 Å². The Bertz CT molecular complexity index is 402. The lowest BCUT2D eigenvalue weighted by Gasteiger charge is -2.18. The van der Waals surface area contributed by atoms with Gasteiger partial charge in [0.1, 0.15) is 0 Å². The Morgan fingerprint density at radius 3 is 2.71 bits per heavy atom. The monoisotopic (exact) mass is 252 g/mol. The van der Waals surface area contributed by atoms with Crippen LogP contribution in [-0.2, 0) is 4.79 Å². The van der Waals surface area contributed by atoms with Crippen LogP contribution in [0.4, 0.5) is 0 Å². The highest BCUT2D eigenvalue weighted by molar-refractivity contribution is 6.30. The van der Waals surface area contributed by atoms with Gasteiger partial charge in [0.2, 0.25) is 5.91 Å². The van der Waals surface area contributed by atoms with Gasteiger partial charge in [-0.2, -0.15) is 0 Å². The first-order valence-corrected chi connectivity index (χ1v) is 6.25. The quantitative estimate of drug-likeness (QED) is 0.875. The Kier molecular flexibility index (Phi) is 3.69. The number of amides is 1. The van der Waals surface area contributed by atoms with Crippen LogP contribution in [0.3, 0.4) is 0 Å². The number of likely N-dealkylation sites (tertiary alicyclic amines) is 1. The Morgan fingerprint density at radius 1 is 1.47 bits per heavy atom. The van der Waals surface area contributed by atoms with Crippen LogP contribution in [0.25, 0.3) is 0 Å². The minimum atomic E-state index is -0.404. The van der Waals surface area contributed by atoms with Crippen LogP contribution < -0.4 is 5.73 Å². The molecule has 0 bridgehead atoms. The third kappa shape index (κ3) is 2.79. The molecule has 4 heteroatoms. The van der Waals surface area contributed by atoms with E-state index in [1.807, 2.05) is 29.2 Å². The Hall–Kier alpha value is -1.06. The van der Waals surface area contributed by atoms with Crippen molar-refractivity contribution >= 4 is 17.5 Å². The lowest BCUT2D eigenvalue weighted by Crippen LogP contribution is -2.40. The van der Waals surface area contributed by atoms with Crippen molar-refractivity contribution in [2.75, 3.05) is 13.1 Å². The van der Waals surface area contributed by atoms with Gasteiger partial charge in [0.05, 0.1) is 6.04 Å². The first-order chi connectivity index (χ1) is 8.08. The SMILES string of the molecule is C[C@@H](N)C(=O)N1CCC(c2ccc(Cl)cc2)C1. The van der Waals surface area contributed by atoms with E-state index < -0.39 is 6.04 Å². The Labute approximate surface area is 107 Å². The van der Waals surface area contributed by atoms with Crippen molar-refractivity contribution in [3.8, 4) is 0 Å². The molecule has 2 N–H and O–H groups in total. The zero-order valence-electron chi connectivity index (χ0n) is 9.90. The van der Waals surface area contributed by atoms with E-state index in [4.69, 9.17) is 17.3 Å². The minimum absolute atomic E-state index is 0.0430. The molecule has 1 saturated heterocycles. The van der Waals surface area contributed by atoms with Crippen LogP contribution in [0, 0.1) is 0 Å². The first kappa shape index (κ1) is 12.4. The Morgan fingerprint density at radius 2 is 2.12 bits per heavy atom. The van der Waals surface area contributed by atoms with Crippen LogP contribution in [0.1, 0.15) is 24.8 Å². The van der Waals surface area contributed by atoms with Crippen molar-refractivity contribution in [3.63, 3.8) is 0 Å². The first-order valence-electron chi connectivity index (χ1n) is 5.88. The third-order valence-corrected chi connectivity index (χ3v) is 3.48. The van der Waals surface area contributed by atoms with E-state index in [1.54, 1.807) is 6.92 Å². The van der Waals surface area contributed by atoms with E-state index in [9.17, 15) is 4.79 Å². The normalized spacial score (nSPS) is 21.6. The summed E-state index contributed by atoms with van der Waals surface area (Å²) in [6, 6.07) is 7.46. The molecule has 0 spiro atoms. The number of rotatable bonds is 2. The number of halogens is 1. The zero-order chi connectivity index (χ0) is 12.4. The van der Waals surface area contributed by atoms with Crippen molar-refractivity contribution in [1.82, 2.24) is 4.90 Å². The minimum Gasteiger partial charge on any atom is -0.341 e. The van der Waals surface area contributed by atoms with Gasteiger partial charge in [-0.25, -0.2) is 0 Å². The molecule has 92 valence electrons.